The Bertz CT molecular complexity index is 401. The minimum absolute atomic E-state index is 0.0337. The van der Waals surface area contributed by atoms with Crippen LogP contribution in [0.25, 0.3) is 0 Å². The molecule has 0 aromatic carbocycles. The lowest BCUT2D eigenvalue weighted by atomic mass is 10.3. The Hall–Kier alpha value is -1.30. The Morgan fingerprint density at radius 2 is 1.94 bits per heavy atom. The fourth-order valence-corrected chi connectivity index (χ4v) is 2.62. The van der Waals surface area contributed by atoms with Gasteiger partial charge >= 0.3 is 0 Å². The topological polar surface area (TPSA) is 58.1 Å². The van der Waals surface area contributed by atoms with Crippen LogP contribution in [0.5, 0.6) is 0 Å². The van der Waals surface area contributed by atoms with Crippen molar-refractivity contribution in [1.29, 1.82) is 0 Å². The first kappa shape index (κ1) is 13.1. The van der Waals surface area contributed by atoms with Crippen LogP contribution < -0.4 is 5.32 Å². The van der Waals surface area contributed by atoms with Gasteiger partial charge < -0.3 is 10.2 Å². The predicted octanol–water partition coefficient (Wildman–Crippen LogP) is 1.49. The summed E-state index contributed by atoms with van der Waals surface area (Å²) < 4.78 is 0. The van der Waals surface area contributed by atoms with Crippen LogP contribution in [0, 0.1) is 0 Å². The lowest BCUT2D eigenvalue weighted by molar-refractivity contribution is 0.0771. The van der Waals surface area contributed by atoms with Crippen molar-refractivity contribution in [3.8, 4) is 0 Å². The van der Waals surface area contributed by atoms with Crippen LogP contribution in [0.4, 0.5) is 5.95 Å². The highest BCUT2D eigenvalue weighted by Crippen LogP contribution is 2.12. The number of carbonyl (C=O) groups is 1. The molecule has 0 aliphatic carbocycles. The summed E-state index contributed by atoms with van der Waals surface area (Å²) in [5.41, 5.74) is 0.566. The van der Waals surface area contributed by atoms with E-state index in [0.717, 1.165) is 24.6 Å². The van der Waals surface area contributed by atoms with E-state index in [2.05, 4.69) is 15.3 Å². The zero-order chi connectivity index (χ0) is 13.0. The zero-order valence-corrected chi connectivity index (χ0v) is 11.5. The maximum Gasteiger partial charge on any atom is 0.257 e. The third kappa shape index (κ3) is 3.35. The standard InChI is InChI=1S/C12H18N4OS/c1-9(2)15-12-13-7-10(8-14-12)11(17)16-3-5-18-6-4-16/h7-9H,3-6H2,1-2H3,(H,13,14,15). The summed E-state index contributed by atoms with van der Waals surface area (Å²) in [4.78, 5) is 22.3. The monoisotopic (exact) mass is 266 g/mol. The molecule has 0 spiro atoms. The molecule has 0 bridgehead atoms. The second-order valence-electron chi connectivity index (χ2n) is 4.50. The van der Waals surface area contributed by atoms with Gasteiger partial charge in [-0.25, -0.2) is 9.97 Å². The van der Waals surface area contributed by atoms with Gasteiger partial charge in [0.25, 0.3) is 5.91 Å². The Morgan fingerprint density at radius 3 is 2.50 bits per heavy atom. The normalized spacial score (nSPS) is 15.8. The molecule has 0 atom stereocenters. The highest BCUT2D eigenvalue weighted by Gasteiger charge is 2.18. The van der Waals surface area contributed by atoms with E-state index in [9.17, 15) is 4.79 Å². The van der Waals surface area contributed by atoms with Crippen molar-refractivity contribution in [2.75, 3.05) is 29.9 Å². The van der Waals surface area contributed by atoms with Crippen LogP contribution in [0.2, 0.25) is 0 Å². The van der Waals surface area contributed by atoms with Crippen LogP contribution in [0.15, 0.2) is 12.4 Å². The zero-order valence-electron chi connectivity index (χ0n) is 10.7. The van der Waals surface area contributed by atoms with Gasteiger partial charge in [-0.15, -0.1) is 0 Å². The molecule has 1 aromatic heterocycles. The number of nitrogens with zero attached hydrogens (tertiary/aromatic N) is 3. The highest BCUT2D eigenvalue weighted by molar-refractivity contribution is 7.99. The summed E-state index contributed by atoms with van der Waals surface area (Å²) in [5.74, 6) is 2.63. The molecule has 1 aliphatic heterocycles. The number of aromatic nitrogens is 2. The molecule has 5 nitrogen and oxygen atoms in total. The quantitative estimate of drug-likeness (QED) is 0.898. The summed E-state index contributed by atoms with van der Waals surface area (Å²) in [6.07, 6.45) is 3.20. The van der Waals surface area contributed by atoms with Crippen LogP contribution in [-0.2, 0) is 0 Å². The lowest BCUT2D eigenvalue weighted by Gasteiger charge is -2.26. The number of nitrogens with one attached hydrogen (secondary N) is 1. The van der Waals surface area contributed by atoms with Crippen molar-refractivity contribution in [3.05, 3.63) is 18.0 Å². The molecule has 2 heterocycles. The Kier molecular flexibility index (Phi) is 4.41. The first-order valence-electron chi connectivity index (χ1n) is 6.12. The van der Waals surface area contributed by atoms with Crippen molar-refractivity contribution in [3.63, 3.8) is 0 Å². The summed E-state index contributed by atoms with van der Waals surface area (Å²) in [7, 11) is 0. The largest absolute Gasteiger partial charge is 0.352 e. The van der Waals surface area contributed by atoms with E-state index in [1.54, 1.807) is 12.4 Å². The molecule has 1 fully saturated rings. The number of hydrogen-bond acceptors (Lipinski definition) is 5. The van der Waals surface area contributed by atoms with E-state index >= 15 is 0 Å². The van der Waals surface area contributed by atoms with Gasteiger partial charge in [-0.05, 0) is 13.8 Å². The van der Waals surface area contributed by atoms with Crippen LogP contribution in [0.3, 0.4) is 0 Å². The van der Waals surface area contributed by atoms with Crippen molar-refractivity contribution < 1.29 is 4.79 Å². The summed E-state index contributed by atoms with van der Waals surface area (Å²) in [5, 5.41) is 3.10. The fourth-order valence-electron chi connectivity index (χ4n) is 1.72. The van der Waals surface area contributed by atoms with Gasteiger partial charge in [-0.2, -0.15) is 11.8 Å². The van der Waals surface area contributed by atoms with Gasteiger partial charge in [-0.3, -0.25) is 4.79 Å². The molecular formula is C12H18N4OS. The van der Waals surface area contributed by atoms with E-state index in [-0.39, 0.29) is 11.9 Å². The van der Waals surface area contributed by atoms with Gasteiger partial charge in [0.1, 0.15) is 0 Å². The van der Waals surface area contributed by atoms with Gasteiger partial charge in [0.05, 0.1) is 5.56 Å². The molecule has 1 amide bonds. The Balaban J connectivity index is 2.02. The van der Waals surface area contributed by atoms with E-state index in [1.165, 1.54) is 0 Å². The van der Waals surface area contributed by atoms with Gasteiger partial charge in [0.2, 0.25) is 5.95 Å². The average Bonchev–Trinajstić information content (AvgIpc) is 2.39. The number of amides is 1. The molecule has 98 valence electrons. The van der Waals surface area contributed by atoms with Crippen LogP contribution >= 0.6 is 11.8 Å². The summed E-state index contributed by atoms with van der Waals surface area (Å²) in [6, 6.07) is 0.283. The second-order valence-corrected chi connectivity index (χ2v) is 5.72. The first-order valence-corrected chi connectivity index (χ1v) is 7.28. The molecule has 0 radical (unpaired) electrons. The molecule has 1 N–H and O–H groups in total. The van der Waals surface area contributed by atoms with Gasteiger partial charge in [0.15, 0.2) is 0 Å². The molecule has 6 heteroatoms. The van der Waals surface area contributed by atoms with E-state index < -0.39 is 0 Å². The second kappa shape index (κ2) is 6.04. The highest BCUT2D eigenvalue weighted by atomic mass is 32.2. The predicted molar refractivity (Wildman–Crippen MR) is 74.0 cm³/mol. The molecule has 0 saturated carbocycles. The number of thioether (sulfide) groups is 1. The molecule has 2 rings (SSSR count). The average molecular weight is 266 g/mol. The third-order valence-electron chi connectivity index (χ3n) is 2.61. The molecule has 1 aliphatic rings. The smallest absolute Gasteiger partial charge is 0.257 e. The number of anilines is 1. The van der Waals surface area contributed by atoms with E-state index in [0.29, 0.717) is 11.5 Å². The minimum Gasteiger partial charge on any atom is -0.352 e. The number of hydrogen-bond donors (Lipinski definition) is 1. The Labute approximate surface area is 111 Å². The van der Waals surface area contributed by atoms with Crippen LogP contribution in [-0.4, -0.2) is 51.4 Å². The molecular weight excluding hydrogens is 248 g/mol. The van der Waals surface area contributed by atoms with Crippen molar-refractivity contribution in [2.45, 2.75) is 19.9 Å². The molecule has 0 unspecified atom stereocenters. The van der Waals surface area contributed by atoms with E-state index in [4.69, 9.17) is 0 Å². The maximum atomic E-state index is 12.1. The molecule has 1 aromatic rings. The van der Waals surface area contributed by atoms with Gasteiger partial charge in [0, 0.05) is 43.0 Å². The number of rotatable bonds is 3. The molecule has 1 saturated heterocycles. The van der Waals surface area contributed by atoms with Crippen molar-refractivity contribution in [2.24, 2.45) is 0 Å². The Morgan fingerprint density at radius 1 is 1.33 bits per heavy atom. The minimum atomic E-state index is 0.0337. The fraction of sp³-hybridized carbons (Fsp3) is 0.583. The SMILES string of the molecule is CC(C)Nc1ncc(C(=O)N2CCSCC2)cn1. The summed E-state index contributed by atoms with van der Waals surface area (Å²) >= 11 is 1.89. The lowest BCUT2D eigenvalue weighted by Crippen LogP contribution is -2.38. The van der Waals surface area contributed by atoms with E-state index in [1.807, 2.05) is 30.5 Å². The van der Waals surface area contributed by atoms with Crippen molar-refractivity contribution >= 4 is 23.6 Å². The van der Waals surface area contributed by atoms with Crippen molar-refractivity contribution in [1.82, 2.24) is 14.9 Å². The molecule has 18 heavy (non-hydrogen) atoms. The summed E-state index contributed by atoms with van der Waals surface area (Å²) in [6.45, 7) is 5.67. The van der Waals surface area contributed by atoms with Gasteiger partial charge in [-0.1, -0.05) is 0 Å². The number of carbonyl (C=O) groups excluding carboxylic acids is 1. The van der Waals surface area contributed by atoms with Crippen LogP contribution in [0.1, 0.15) is 24.2 Å². The third-order valence-corrected chi connectivity index (χ3v) is 3.56. The maximum absolute atomic E-state index is 12.1. The first-order chi connectivity index (χ1) is 8.66.